The maximum Gasteiger partial charge on any atom is 0.573 e. The Morgan fingerprint density at radius 3 is 2.61 bits per heavy atom. The van der Waals surface area contributed by atoms with Crippen LogP contribution in [0.3, 0.4) is 0 Å². The quantitative estimate of drug-likeness (QED) is 0.432. The zero-order valence-electron chi connectivity index (χ0n) is 19.0. The molecule has 0 unspecified atom stereocenters. The lowest BCUT2D eigenvalue weighted by Gasteiger charge is -2.16. The molecule has 0 aliphatic carbocycles. The highest BCUT2D eigenvalue weighted by Crippen LogP contribution is 2.28. The van der Waals surface area contributed by atoms with Gasteiger partial charge >= 0.3 is 18.0 Å². The summed E-state index contributed by atoms with van der Waals surface area (Å²) in [5, 5.41) is 9.24. The van der Waals surface area contributed by atoms with E-state index in [0.29, 0.717) is 48.7 Å². The second kappa shape index (κ2) is 8.82. The zero-order chi connectivity index (χ0) is 25.6. The van der Waals surface area contributed by atoms with E-state index < -0.39 is 12.3 Å². The van der Waals surface area contributed by atoms with Crippen LogP contribution in [-0.4, -0.2) is 59.1 Å². The predicted molar refractivity (Wildman–Crippen MR) is 121 cm³/mol. The van der Waals surface area contributed by atoms with Gasteiger partial charge in [0.2, 0.25) is 0 Å². The first-order chi connectivity index (χ1) is 17.1. The van der Waals surface area contributed by atoms with Gasteiger partial charge in [0.1, 0.15) is 17.3 Å². The number of carbonyl (C=O) groups is 1. The number of pyridine rings is 1. The van der Waals surface area contributed by atoms with Gasteiger partial charge in [-0.3, -0.25) is 14.0 Å². The summed E-state index contributed by atoms with van der Waals surface area (Å²) in [4.78, 5) is 35.6. The molecule has 0 spiro atoms. The fourth-order valence-electron chi connectivity index (χ4n) is 4.59. The molecular formula is C23H21F3N6O4. The van der Waals surface area contributed by atoms with E-state index in [4.69, 9.17) is 0 Å². The minimum absolute atomic E-state index is 0.0934. The first kappa shape index (κ1) is 23.6. The number of fused-ring (bicyclic) bond motifs is 1. The molecule has 1 fully saturated rings. The van der Waals surface area contributed by atoms with Crippen LogP contribution in [0.2, 0.25) is 0 Å². The highest BCUT2D eigenvalue weighted by atomic mass is 19.4. The molecule has 13 heteroatoms. The van der Waals surface area contributed by atoms with E-state index in [1.807, 2.05) is 0 Å². The maximum atomic E-state index is 13.6. The number of rotatable bonds is 6. The number of carboxylic acids is 1. The van der Waals surface area contributed by atoms with Crippen molar-refractivity contribution < 1.29 is 27.8 Å². The van der Waals surface area contributed by atoms with Crippen LogP contribution in [-0.2, 0) is 13.6 Å². The number of aromatic nitrogens is 5. The molecule has 1 N–H and O–H groups in total. The Kier molecular flexibility index (Phi) is 5.79. The number of aromatic carboxylic acids is 1. The summed E-state index contributed by atoms with van der Waals surface area (Å²) in [6, 6.07) is 8.31. The van der Waals surface area contributed by atoms with Crippen molar-refractivity contribution in [1.29, 1.82) is 0 Å². The van der Waals surface area contributed by atoms with Crippen molar-refractivity contribution in [2.45, 2.75) is 25.4 Å². The molecule has 0 amide bonds. The van der Waals surface area contributed by atoms with E-state index >= 15 is 0 Å². The zero-order valence-corrected chi connectivity index (χ0v) is 19.0. The number of imidazole rings is 2. The van der Waals surface area contributed by atoms with Crippen molar-refractivity contribution in [3.63, 3.8) is 0 Å². The van der Waals surface area contributed by atoms with Gasteiger partial charge in [0, 0.05) is 26.3 Å². The molecule has 4 aromatic rings. The lowest BCUT2D eigenvalue weighted by atomic mass is 10.2. The van der Waals surface area contributed by atoms with Gasteiger partial charge in [-0.05, 0) is 42.8 Å². The molecule has 4 heterocycles. The molecule has 1 aliphatic rings. The Labute approximate surface area is 201 Å². The van der Waals surface area contributed by atoms with E-state index in [1.54, 1.807) is 29.9 Å². The summed E-state index contributed by atoms with van der Waals surface area (Å²) in [6.07, 6.45) is -1.25. The van der Waals surface area contributed by atoms with E-state index in [-0.39, 0.29) is 23.2 Å². The highest BCUT2D eigenvalue weighted by Gasteiger charge is 2.32. The number of likely N-dealkylation sites (tertiary alicyclic amines) is 1. The molecule has 1 aliphatic heterocycles. The van der Waals surface area contributed by atoms with Gasteiger partial charge in [0.15, 0.2) is 5.65 Å². The fourth-order valence-corrected chi connectivity index (χ4v) is 4.59. The average molecular weight is 502 g/mol. The highest BCUT2D eigenvalue weighted by molar-refractivity contribution is 5.85. The van der Waals surface area contributed by atoms with Gasteiger partial charge in [-0.2, -0.15) is 0 Å². The van der Waals surface area contributed by atoms with Crippen LogP contribution < -0.4 is 10.4 Å². The SMILES string of the molecule is Cn1c(C(=O)O)cnc1CN1CC[C@H](n2c(=O)n(-c3ccc(OC(F)(F)F)cc3)c3cccnc32)C1. The third kappa shape index (κ3) is 4.33. The summed E-state index contributed by atoms with van der Waals surface area (Å²) in [7, 11) is 1.65. The molecule has 1 saturated heterocycles. The topological polar surface area (TPSA) is 107 Å². The number of ether oxygens (including phenoxy) is 1. The normalized spacial score (nSPS) is 16.6. The third-order valence-electron chi connectivity index (χ3n) is 6.24. The van der Waals surface area contributed by atoms with Crippen molar-refractivity contribution in [2.24, 2.45) is 7.05 Å². The van der Waals surface area contributed by atoms with Crippen LogP contribution >= 0.6 is 0 Å². The maximum absolute atomic E-state index is 13.6. The predicted octanol–water partition coefficient (Wildman–Crippen LogP) is 2.96. The number of carboxylic acid groups (broad SMARTS) is 1. The molecule has 0 saturated carbocycles. The van der Waals surface area contributed by atoms with E-state index in [2.05, 4.69) is 19.6 Å². The molecule has 36 heavy (non-hydrogen) atoms. The Hall–Kier alpha value is -4.13. The second-order valence-corrected chi connectivity index (χ2v) is 8.48. The molecule has 10 nitrogen and oxygen atoms in total. The lowest BCUT2D eigenvalue weighted by molar-refractivity contribution is -0.274. The number of nitrogens with zero attached hydrogens (tertiary/aromatic N) is 6. The van der Waals surface area contributed by atoms with Crippen molar-refractivity contribution in [1.82, 2.24) is 28.6 Å². The van der Waals surface area contributed by atoms with Crippen molar-refractivity contribution in [3.8, 4) is 11.4 Å². The molecule has 1 aromatic carbocycles. The van der Waals surface area contributed by atoms with Crippen LogP contribution in [0.4, 0.5) is 13.2 Å². The molecule has 1 atom stereocenters. The van der Waals surface area contributed by atoms with Crippen LogP contribution in [0.1, 0.15) is 28.8 Å². The van der Waals surface area contributed by atoms with Crippen molar-refractivity contribution in [3.05, 3.63) is 70.8 Å². The second-order valence-electron chi connectivity index (χ2n) is 8.48. The van der Waals surface area contributed by atoms with E-state index in [0.717, 1.165) is 12.1 Å². The standard InChI is InChI=1S/C23H21F3N6O4/c1-29-18(21(33)34)11-28-19(29)13-30-10-8-15(12-30)32-20-17(3-2-9-27-20)31(22(32)35)14-4-6-16(7-5-14)36-23(24,25)26/h2-7,9,11,15H,8,10,12-13H2,1H3,(H,33,34)/t15-/m0/s1. The first-order valence-electron chi connectivity index (χ1n) is 11.0. The monoisotopic (exact) mass is 502 g/mol. The first-order valence-corrected chi connectivity index (χ1v) is 11.0. The number of hydrogen-bond donors (Lipinski definition) is 1. The summed E-state index contributed by atoms with van der Waals surface area (Å²) < 4.78 is 46.0. The van der Waals surface area contributed by atoms with Crippen molar-refractivity contribution in [2.75, 3.05) is 13.1 Å². The summed E-state index contributed by atoms with van der Waals surface area (Å²) in [5.74, 6) is -0.839. The van der Waals surface area contributed by atoms with Crippen LogP contribution in [0.25, 0.3) is 16.9 Å². The minimum atomic E-state index is -4.81. The average Bonchev–Trinajstić information content (AvgIpc) is 3.49. The van der Waals surface area contributed by atoms with Gasteiger partial charge in [-0.25, -0.2) is 19.6 Å². The van der Waals surface area contributed by atoms with Crippen LogP contribution in [0.15, 0.2) is 53.6 Å². The smallest absolute Gasteiger partial charge is 0.477 e. The van der Waals surface area contributed by atoms with Gasteiger partial charge in [-0.15, -0.1) is 13.2 Å². The molecule has 188 valence electrons. The number of alkyl halides is 3. The number of benzene rings is 1. The fraction of sp³-hybridized carbons (Fsp3) is 0.304. The van der Waals surface area contributed by atoms with Crippen LogP contribution in [0, 0.1) is 0 Å². The summed E-state index contributed by atoms with van der Waals surface area (Å²) >= 11 is 0. The number of hydrogen-bond acceptors (Lipinski definition) is 6. The molecule has 5 rings (SSSR count). The van der Waals surface area contributed by atoms with E-state index in [1.165, 1.54) is 27.5 Å². The van der Waals surface area contributed by atoms with Gasteiger partial charge < -0.3 is 14.4 Å². The van der Waals surface area contributed by atoms with Gasteiger partial charge in [-0.1, -0.05) is 0 Å². The van der Waals surface area contributed by atoms with Gasteiger partial charge in [0.25, 0.3) is 0 Å². The molecular weight excluding hydrogens is 481 g/mol. The molecule has 3 aromatic heterocycles. The Balaban J connectivity index is 1.44. The number of halogens is 3. The largest absolute Gasteiger partial charge is 0.573 e. The third-order valence-corrected chi connectivity index (χ3v) is 6.24. The van der Waals surface area contributed by atoms with Crippen LogP contribution in [0.5, 0.6) is 5.75 Å². The summed E-state index contributed by atoms with van der Waals surface area (Å²) in [5.41, 5.74) is 1.12. The van der Waals surface area contributed by atoms with Gasteiger partial charge in [0.05, 0.1) is 30.0 Å². The molecule has 0 radical (unpaired) electrons. The minimum Gasteiger partial charge on any atom is -0.477 e. The Morgan fingerprint density at radius 1 is 1.19 bits per heavy atom. The molecule has 0 bridgehead atoms. The van der Waals surface area contributed by atoms with E-state index in [9.17, 15) is 27.9 Å². The Morgan fingerprint density at radius 2 is 1.94 bits per heavy atom. The lowest BCUT2D eigenvalue weighted by Crippen LogP contribution is -2.29. The van der Waals surface area contributed by atoms with Crippen molar-refractivity contribution >= 4 is 17.1 Å². The Bertz CT molecular complexity index is 1490. The summed E-state index contributed by atoms with van der Waals surface area (Å²) in [6.45, 7) is 1.60.